The molecule has 1 atom stereocenters. The molecule has 4 heteroatoms. The quantitative estimate of drug-likeness (QED) is 0.855. The van der Waals surface area contributed by atoms with Gasteiger partial charge in [0.05, 0.1) is 6.61 Å². The van der Waals surface area contributed by atoms with Crippen molar-refractivity contribution in [1.82, 2.24) is 9.88 Å². The van der Waals surface area contributed by atoms with Gasteiger partial charge in [0.25, 0.3) is 0 Å². The monoisotopic (exact) mass is 282 g/mol. The van der Waals surface area contributed by atoms with E-state index in [4.69, 9.17) is 0 Å². The van der Waals surface area contributed by atoms with Crippen LogP contribution >= 0.6 is 12.4 Å². The molecule has 0 aliphatic carbocycles. The van der Waals surface area contributed by atoms with Crippen LogP contribution in [0.4, 0.5) is 0 Å². The van der Waals surface area contributed by atoms with Crippen molar-refractivity contribution in [2.45, 2.75) is 39.4 Å². The molecule has 2 N–H and O–H groups in total. The van der Waals surface area contributed by atoms with E-state index in [1.165, 1.54) is 16.5 Å². The topological polar surface area (TPSA) is 37.2 Å². The lowest BCUT2D eigenvalue weighted by molar-refractivity contribution is 0.238. The summed E-state index contributed by atoms with van der Waals surface area (Å²) in [5.74, 6) is 0. The van der Waals surface area contributed by atoms with E-state index in [9.17, 15) is 5.11 Å². The Morgan fingerprint density at radius 1 is 1.26 bits per heavy atom. The molecule has 2 rings (SSSR count). The number of nitrogens with one attached hydrogen (secondary N) is 1. The molecule has 1 aromatic carbocycles. The summed E-state index contributed by atoms with van der Waals surface area (Å²) in [6, 6.07) is 8.67. The van der Waals surface area contributed by atoms with Crippen molar-refractivity contribution in [2.24, 2.45) is 0 Å². The van der Waals surface area contributed by atoms with Crippen LogP contribution in [-0.2, 0) is 13.1 Å². The third-order valence-electron chi connectivity index (χ3n) is 3.51. The smallest absolute Gasteiger partial charge is 0.0584 e. The minimum absolute atomic E-state index is 0. The predicted octanol–water partition coefficient (Wildman–Crippen LogP) is 2.94. The van der Waals surface area contributed by atoms with Crippen molar-refractivity contribution in [3.05, 3.63) is 36.0 Å². The first-order valence-corrected chi connectivity index (χ1v) is 6.71. The normalized spacial score (nSPS) is 12.4. The van der Waals surface area contributed by atoms with Crippen LogP contribution in [0.1, 0.15) is 25.8 Å². The van der Waals surface area contributed by atoms with E-state index >= 15 is 0 Å². The van der Waals surface area contributed by atoms with Crippen molar-refractivity contribution in [3.8, 4) is 0 Å². The molecule has 1 heterocycles. The molecule has 0 saturated carbocycles. The third-order valence-corrected chi connectivity index (χ3v) is 3.51. The lowest BCUT2D eigenvalue weighted by atomic mass is 10.1. The second-order valence-corrected chi connectivity index (χ2v) is 4.63. The van der Waals surface area contributed by atoms with Crippen LogP contribution in [0.2, 0.25) is 0 Å². The number of hydrogen-bond acceptors (Lipinski definition) is 2. The Hall–Kier alpha value is -1.03. The van der Waals surface area contributed by atoms with E-state index in [0.29, 0.717) is 0 Å². The van der Waals surface area contributed by atoms with Gasteiger partial charge in [-0.3, -0.25) is 0 Å². The van der Waals surface area contributed by atoms with E-state index in [1.54, 1.807) is 0 Å². The molecule has 2 aromatic rings. The van der Waals surface area contributed by atoms with Gasteiger partial charge in [0, 0.05) is 36.2 Å². The summed E-state index contributed by atoms with van der Waals surface area (Å²) in [4.78, 5) is 0. The average molecular weight is 283 g/mol. The maximum atomic E-state index is 9.20. The zero-order valence-corrected chi connectivity index (χ0v) is 12.4. The Bertz CT molecular complexity index is 506. The van der Waals surface area contributed by atoms with Crippen molar-refractivity contribution in [2.75, 3.05) is 6.61 Å². The molecule has 19 heavy (non-hydrogen) atoms. The molecule has 0 aliphatic rings. The average Bonchev–Trinajstić information content (AvgIpc) is 2.78. The van der Waals surface area contributed by atoms with Crippen molar-refractivity contribution >= 4 is 23.3 Å². The predicted molar refractivity (Wildman–Crippen MR) is 82.9 cm³/mol. The minimum Gasteiger partial charge on any atom is -0.395 e. The number of rotatable bonds is 6. The number of halogens is 1. The summed E-state index contributed by atoms with van der Waals surface area (Å²) in [6.07, 6.45) is 3.16. The Kier molecular flexibility index (Phi) is 6.35. The van der Waals surface area contributed by atoms with E-state index in [0.717, 1.165) is 19.5 Å². The molecule has 106 valence electrons. The van der Waals surface area contributed by atoms with Gasteiger partial charge in [-0.05, 0) is 25.0 Å². The van der Waals surface area contributed by atoms with Crippen LogP contribution in [0.25, 0.3) is 10.9 Å². The molecular weight excluding hydrogens is 260 g/mol. The van der Waals surface area contributed by atoms with Gasteiger partial charge in [-0.2, -0.15) is 0 Å². The van der Waals surface area contributed by atoms with Gasteiger partial charge in [0.2, 0.25) is 0 Å². The van der Waals surface area contributed by atoms with E-state index in [2.05, 4.69) is 54.2 Å². The summed E-state index contributed by atoms with van der Waals surface area (Å²) in [6.45, 7) is 6.24. The zero-order valence-electron chi connectivity index (χ0n) is 11.6. The number of aryl methyl sites for hydroxylation is 1. The second kappa shape index (κ2) is 7.53. The Balaban J connectivity index is 0.00000180. The molecule has 0 bridgehead atoms. The van der Waals surface area contributed by atoms with Crippen molar-refractivity contribution in [3.63, 3.8) is 0 Å². The molecule has 0 fully saturated rings. The fourth-order valence-electron chi connectivity index (χ4n) is 2.32. The van der Waals surface area contributed by atoms with Crippen molar-refractivity contribution in [1.29, 1.82) is 0 Å². The number of aliphatic hydroxyl groups is 1. The highest BCUT2D eigenvalue weighted by Crippen LogP contribution is 2.21. The number of para-hydroxylation sites is 1. The molecule has 0 aliphatic heterocycles. The molecule has 1 unspecified atom stereocenters. The first kappa shape index (κ1) is 16.0. The number of aliphatic hydroxyl groups excluding tert-OH is 1. The maximum Gasteiger partial charge on any atom is 0.0584 e. The highest BCUT2D eigenvalue weighted by Gasteiger charge is 2.09. The lowest BCUT2D eigenvalue weighted by Crippen LogP contribution is -2.31. The van der Waals surface area contributed by atoms with Gasteiger partial charge in [0.1, 0.15) is 0 Å². The van der Waals surface area contributed by atoms with Gasteiger partial charge < -0.3 is 15.0 Å². The van der Waals surface area contributed by atoms with Gasteiger partial charge >= 0.3 is 0 Å². The van der Waals surface area contributed by atoms with E-state index < -0.39 is 0 Å². The summed E-state index contributed by atoms with van der Waals surface area (Å²) in [7, 11) is 0. The number of aromatic nitrogens is 1. The van der Waals surface area contributed by atoms with Crippen LogP contribution in [0, 0.1) is 0 Å². The molecule has 3 nitrogen and oxygen atoms in total. The highest BCUT2D eigenvalue weighted by atomic mass is 35.5. The van der Waals surface area contributed by atoms with Gasteiger partial charge in [-0.15, -0.1) is 12.4 Å². The molecule has 0 saturated heterocycles. The van der Waals surface area contributed by atoms with Crippen molar-refractivity contribution < 1.29 is 5.11 Å². The summed E-state index contributed by atoms with van der Waals surface area (Å²) < 4.78 is 2.27. The Morgan fingerprint density at radius 3 is 2.63 bits per heavy atom. The lowest BCUT2D eigenvalue weighted by Gasteiger charge is -2.13. The van der Waals surface area contributed by atoms with E-state index in [1.807, 2.05) is 0 Å². The van der Waals surface area contributed by atoms with E-state index in [-0.39, 0.29) is 25.1 Å². The maximum absolute atomic E-state index is 9.20. The molecule has 0 amide bonds. The number of fused-ring (bicyclic) bond motifs is 1. The highest BCUT2D eigenvalue weighted by molar-refractivity contribution is 5.85. The van der Waals surface area contributed by atoms with Crippen LogP contribution in [0.3, 0.4) is 0 Å². The standard InChI is InChI=1S/C15H22N2O.ClH/c1-3-13(11-18)16-9-12-10-17(4-2)15-8-6-5-7-14(12)15;/h5-8,10,13,16,18H,3-4,9,11H2,1-2H3;1H. The molecule has 0 radical (unpaired) electrons. The van der Waals surface area contributed by atoms with Crippen LogP contribution in [0.5, 0.6) is 0 Å². The van der Waals surface area contributed by atoms with Crippen LogP contribution < -0.4 is 5.32 Å². The number of benzene rings is 1. The fourth-order valence-corrected chi connectivity index (χ4v) is 2.32. The molecule has 0 spiro atoms. The Morgan fingerprint density at radius 2 is 2.00 bits per heavy atom. The van der Waals surface area contributed by atoms with Crippen LogP contribution in [0.15, 0.2) is 30.5 Å². The number of hydrogen-bond donors (Lipinski definition) is 2. The van der Waals surface area contributed by atoms with Gasteiger partial charge in [0.15, 0.2) is 0 Å². The van der Waals surface area contributed by atoms with Gasteiger partial charge in [-0.1, -0.05) is 25.1 Å². The molecule has 1 aromatic heterocycles. The zero-order chi connectivity index (χ0) is 13.0. The SMILES string of the molecule is CCC(CO)NCc1cn(CC)c2ccccc12.Cl. The third kappa shape index (κ3) is 3.50. The summed E-state index contributed by atoms with van der Waals surface area (Å²) in [5.41, 5.74) is 2.59. The Labute approximate surface area is 121 Å². The summed E-state index contributed by atoms with van der Waals surface area (Å²) >= 11 is 0. The summed E-state index contributed by atoms with van der Waals surface area (Å²) in [5, 5.41) is 13.9. The first-order valence-electron chi connectivity index (χ1n) is 6.71. The van der Waals surface area contributed by atoms with Crippen LogP contribution in [-0.4, -0.2) is 22.3 Å². The largest absolute Gasteiger partial charge is 0.395 e. The van der Waals surface area contributed by atoms with Gasteiger partial charge in [-0.25, -0.2) is 0 Å². The minimum atomic E-state index is 0. The second-order valence-electron chi connectivity index (χ2n) is 4.63. The number of nitrogens with zero attached hydrogens (tertiary/aromatic N) is 1. The fraction of sp³-hybridized carbons (Fsp3) is 0.467. The molecular formula is C15H23ClN2O. The first-order chi connectivity index (χ1) is 8.80.